The Morgan fingerprint density at radius 1 is 0.300 bits per heavy atom. The van der Waals surface area contributed by atoms with Crippen molar-refractivity contribution in [3.63, 3.8) is 0 Å². The first kappa shape index (κ1) is 66.1. The minimum absolute atomic E-state index is 0.0972. The zero-order chi connectivity index (χ0) is 50.7. The highest BCUT2D eigenvalue weighted by molar-refractivity contribution is 5.71. The number of unbranched alkanes of at least 4 members (excludes halogenated alkanes) is 22. The molecule has 0 aliphatic rings. The van der Waals surface area contributed by atoms with E-state index in [-0.39, 0.29) is 31.1 Å². The Hall–Kier alpha value is -3.93. The van der Waals surface area contributed by atoms with Crippen LogP contribution in [0.15, 0.2) is 109 Å². The molecule has 0 saturated carbocycles. The van der Waals surface area contributed by atoms with Crippen molar-refractivity contribution >= 4 is 17.9 Å². The lowest BCUT2D eigenvalue weighted by Crippen LogP contribution is -2.30. The van der Waals surface area contributed by atoms with Crippen molar-refractivity contribution in [1.82, 2.24) is 0 Å². The van der Waals surface area contributed by atoms with Crippen LogP contribution in [-0.4, -0.2) is 37.2 Å². The summed E-state index contributed by atoms with van der Waals surface area (Å²) in [6.07, 6.45) is 77.9. The number of rotatable bonds is 51. The fourth-order valence-electron chi connectivity index (χ4n) is 7.69. The minimum Gasteiger partial charge on any atom is -0.462 e. The molecule has 6 nitrogen and oxygen atoms in total. The first-order valence-electron chi connectivity index (χ1n) is 28.9. The third-order valence-electron chi connectivity index (χ3n) is 12.0. The number of hydrogen-bond donors (Lipinski definition) is 0. The normalized spacial score (nSPS) is 12.9. The number of allylic oxidation sites excluding steroid dienone is 18. The standard InChI is InChI=1S/C64H106O6/c1-4-7-10-13-16-19-22-25-27-29-31-32-34-35-37-39-42-45-48-51-54-57-63(66)69-60-61(59-68-62(65)56-53-50-47-44-41-24-21-18-15-12-9-6-3)70-64(67)58-55-52-49-46-43-40-38-36-33-30-28-26-23-20-17-14-11-8-5-2/h7,10,16-17,19-20,25-28,31-33,35-37,42,45,61H,4-6,8-9,11-15,18,21-24,29-30,34,38-41,43-44,46-60H2,1-3H3/b10-7-,19-16-,20-17-,27-25-,28-26-,32-31-,36-33-,37-35-,45-42-. The predicted octanol–water partition coefficient (Wildman–Crippen LogP) is 19.5. The second kappa shape index (κ2) is 57.6. The van der Waals surface area contributed by atoms with Gasteiger partial charge in [-0.25, -0.2) is 0 Å². The van der Waals surface area contributed by atoms with Crippen molar-refractivity contribution in [3.8, 4) is 0 Å². The van der Waals surface area contributed by atoms with Gasteiger partial charge in [-0.1, -0.05) is 239 Å². The Morgan fingerprint density at radius 2 is 0.557 bits per heavy atom. The number of esters is 3. The molecule has 0 aliphatic carbocycles. The van der Waals surface area contributed by atoms with Gasteiger partial charge in [0, 0.05) is 19.3 Å². The summed E-state index contributed by atoms with van der Waals surface area (Å²) in [5, 5.41) is 0. The molecule has 0 fully saturated rings. The smallest absolute Gasteiger partial charge is 0.306 e. The third kappa shape index (κ3) is 55.0. The lowest BCUT2D eigenvalue weighted by Gasteiger charge is -2.18. The molecule has 0 aromatic heterocycles. The Kier molecular flexibility index (Phi) is 54.4. The molecule has 1 atom stereocenters. The Balaban J connectivity index is 4.47. The highest BCUT2D eigenvalue weighted by Crippen LogP contribution is 2.14. The minimum atomic E-state index is -0.804. The van der Waals surface area contributed by atoms with E-state index in [2.05, 4.69) is 130 Å². The number of ether oxygens (including phenoxy) is 3. The van der Waals surface area contributed by atoms with Crippen LogP contribution in [0.5, 0.6) is 0 Å². The van der Waals surface area contributed by atoms with E-state index in [4.69, 9.17) is 14.2 Å². The molecule has 0 radical (unpaired) electrons. The van der Waals surface area contributed by atoms with E-state index in [1.165, 1.54) is 96.3 Å². The molecule has 0 aromatic rings. The van der Waals surface area contributed by atoms with Crippen molar-refractivity contribution in [2.45, 2.75) is 264 Å². The maximum atomic E-state index is 12.9. The average Bonchev–Trinajstić information content (AvgIpc) is 3.36. The summed E-state index contributed by atoms with van der Waals surface area (Å²) < 4.78 is 16.8. The zero-order valence-corrected chi connectivity index (χ0v) is 45.5. The van der Waals surface area contributed by atoms with Crippen molar-refractivity contribution in [2.75, 3.05) is 13.2 Å². The lowest BCUT2D eigenvalue weighted by molar-refractivity contribution is -0.167. The molecule has 6 heteroatoms. The third-order valence-corrected chi connectivity index (χ3v) is 12.0. The van der Waals surface area contributed by atoms with Crippen molar-refractivity contribution in [3.05, 3.63) is 109 Å². The van der Waals surface area contributed by atoms with E-state index >= 15 is 0 Å². The van der Waals surface area contributed by atoms with Crippen molar-refractivity contribution < 1.29 is 28.6 Å². The van der Waals surface area contributed by atoms with Crippen molar-refractivity contribution in [1.29, 1.82) is 0 Å². The van der Waals surface area contributed by atoms with E-state index in [0.717, 1.165) is 122 Å². The fourth-order valence-corrected chi connectivity index (χ4v) is 7.69. The topological polar surface area (TPSA) is 78.9 Å². The molecule has 0 rings (SSSR count). The molecule has 398 valence electrons. The van der Waals surface area contributed by atoms with Crippen LogP contribution in [0, 0.1) is 0 Å². The maximum Gasteiger partial charge on any atom is 0.306 e. The lowest BCUT2D eigenvalue weighted by atomic mass is 10.0. The number of carbonyl (C=O) groups excluding carboxylic acids is 3. The van der Waals surface area contributed by atoms with Gasteiger partial charge in [-0.15, -0.1) is 0 Å². The van der Waals surface area contributed by atoms with Crippen LogP contribution in [0.3, 0.4) is 0 Å². The van der Waals surface area contributed by atoms with Gasteiger partial charge in [-0.05, 0) is 109 Å². The summed E-state index contributed by atoms with van der Waals surface area (Å²) in [6, 6.07) is 0. The molecule has 0 aromatic carbocycles. The molecule has 70 heavy (non-hydrogen) atoms. The average molecular weight is 972 g/mol. The summed E-state index contributed by atoms with van der Waals surface area (Å²) in [6.45, 7) is 6.45. The van der Waals surface area contributed by atoms with E-state index in [1.807, 2.05) is 0 Å². The molecule has 0 aliphatic heterocycles. The zero-order valence-electron chi connectivity index (χ0n) is 45.5. The van der Waals surface area contributed by atoms with E-state index < -0.39 is 6.10 Å². The molecule has 0 saturated heterocycles. The van der Waals surface area contributed by atoms with E-state index in [1.54, 1.807) is 0 Å². The summed E-state index contributed by atoms with van der Waals surface area (Å²) >= 11 is 0. The Morgan fingerprint density at radius 3 is 0.929 bits per heavy atom. The van der Waals surface area contributed by atoms with Gasteiger partial charge in [0.05, 0.1) is 0 Å². The Bertz CT molecular complexity index is 1440. The van der Waals surface area contributed by atoms with Crippen LogP contribution in [0.4, 0.5) is 0 Å². The fraction of sp³-hybridized carbons (Fsp3) is 0.672. The van der Waals surface area contributed by atoms with Crippen LogP contribution in [0.25, 0.3) is 0 Å². The van der Waals surface area contributed by atoms with Gasteiger partial charge in [0.15, 0.2) is 6.10 Å². The summed E-state index contributed by atoms with van der Waals surface area (Å²) in [7, 11) is 0. The van der Waals surface area contributed by atoms with Crippen molar-refractivity contribution in [2.24, 2.45) is 0 Å². The number of carbonyl (C=O) groups is 3. The van der Waals surface area contributed by atoms with Gasteiger partial charge < -0.3 is 14.2 Å². The van der Waals surface area contributed by atoms with Crippen LogP contribution >= 0.6 is 0 Å². The second-order valence-corrected chi connectivity index (χ2v) is 18.8. The highest BCUT2D eigenvalue weighted by Gasteiger charge is 2.19. The maximum absolute atomic E-state index is 12.9. The molecule has 0 bridgehead atoms. The molecular formula is C64H106O6. The summed E-state index contributed by atoms with van der Waals surface area (Å²) in [5.74, 6) is -0.954. The molecule has 0 spiro atoms. The number of hydrogen-bond acceptors (Lipinski definition) is 6. The first-order chi connectivity index (χ1) is 34.5. The van der Waals surface area contributed by atoms with Crippen LogP contribution in [0.2, 0.25) is 0 Å². The van der Waals surface area contributed by atoms with Gasteiger partial charge in [-0.2, -0.15) is 0 Å². The Labute approximate surface area is 431 Å². The molecular weight excluding hydrogens is 865 g/mol. The summed E-state index contributed by atoms with van der Waals surface area (Å²) in [4.78, 5) is 38.1. The second-order valence-electron chi connectivity index (χ2n) is 18.8. The predicted molar refractivity (Wildman–Crippen MR) is 302 cm³/mol. The van der Waals surface area contributed by atoms with Gasteiger partial charge >= 0.3 is 17.9 Å². The van der Waals surface area contributed by atoms with E-state index in [9.17, 15) is 14.4 Å². The van der Waals surface area contributed by atoms with Gasteiger partial charge in [-0.3, -0.25) is 14.4 Å². The monoisotopic (exact) mass is 971 g/mol. The molecule has 0 amide bonds. The van der Waals surface area contributed by atoms with Crippen LogP contribution < -0.4 is 0 Å². The summed E-state index contributed by atoms with van der Waals surface area (Å²) in [5.41, 5.74) is 0. The molecule has 0 heterocycles. The molecule has 1 unspecified atom stereocenters. The SMILES string of the molecule is CC/C=C\C/C=C\C/C=C\C/C=C\C/C=C\C/C=C\CCCCC(=O)OCC(COC(=O)CCCCCCCCCCCCCC)OC(=O)CCCCCCCC/C=C\C/C=C\C/C=C\CCCCC. The van der Waals surface area contributed by atoms with Crippen LogP contribution in [0.1, 0.15) is 258 Å². The van der Waals surface area contributed by atoms with Gasteiger partial charge in [0.25, 0.3) is 0 Å². The van der Waals surface area contributed by atoms with Gasteiger partial charge in [0.1, 0.15) is 13.2 Å². The largest absolute Gasteiger partial charge is 0.462 e. The quantitative estimate of drug-likeness (QED) is 0.0262. The van der Waals surface area contributed by atoms with Crippen LogP contribution in [-0.2, 0) is 28.6 Å². The molecule has 0 N–H and O–H groups in total. The highest BCUT2D eigenvalue weighted by atomic mass is 16.6. The first-order valence-corrected chi connectivity index (χ1v) is 28.9. The van der Waals surface area contributed by atoms with E-state index in [0.29, 0.717) is 19.3 Å². The van der Waals surface area contributed by atoms with Gasteiger partial charge in [0.2, 0.25) is 0 Å².